The molecule has 16 heavy (non-hydrogen) atoms. The van der Waals surface area contributed by atoms with Crippen LogP contribution in [0.2, 0.25) is 0 Å². The van der Waals surface area contributed by atoms with E-state index in [1.54, 1.807) is 7.11 Å². The van der Waals surface area contributed by atoms with E-state index in [-0.39, 0.29) is 0 Å². The molecular weight excluding hydrogens is 204 g/mol. The molecule has 0 saturated carbocycles. The van der Waals surface area contributed by atoms with Gasteiger partial charge in [-0.3, -0.25) is 0 Å². The van der Waals surface area contributed by atoms with Crippen LogP contribution in [0.15, 0.2) is 0 Å². The molecule has 0 radical (unpaired) electrons. The van der Waals surface area contributed by atoms with Gasteiger partial charge in [-0.1, -0.05) is 0 Å². The second kappa shape index (κ2) is 12.9. The fourth-order valence-electron chi connectivity index (χ4n) is 1.43. The summed E-state index contributed by atoms with van der Waals surface area (Å²) in [5.74, 6) is 0. The summed E-state index contributed by atoms with van der Waals surface area (Å²) in [4.78, 5) is 2.33. The Kier molecular flexibility index (Phi) is 12.8. The molecule has 0 spiro atoms. The van der Waals surface area contributed by atoms with Crippen molar-refractivity contribution < 1.29 is 9.47 Å². The lowest BCUT2D eigenvalue weighted by atomic mass is 10.4. The summed E-state index contributed by atoms with van der Waals surface area (Å²) in [5.41, 5.74) is 0. The highest BCUT2D eigenvalue weighted by molar-refractivity contribution is 4.55. The molecular formula is C12H28N2O2. The van der Waals surface area contributed by atoms with E-state index < -0.39 is 0 Å². The van der Waals surface area contributed by atoms with E-state index >= 15 is 0 Å². The van der Waals surface area contributed by atoms with Gasteiger partial charge in [-0.05, 0) is 33.4 Å². The molecule has 0 atom stereocenters. The van der Waals surface area contributed by atoms with Crippen LogP contribution in [0.5, 0.6) is 0 Å². The largest absolute Gasteiger partial charge is 0.385 e. The lowest BCUT2D eigenvalue weighted by molar-refractivity contribution is 0.144. The van der Waals surface area contributed by atoms with Gasteiger partial charge in [-0.25, -0.2) is 0 Å². The van der Waals surface area contributed by atoms with Gasteiger partial charge in [-0.15, -0.1) is 0 Å². The number of hydrogen-bond donors (Lipinski definition) is 1. The van der Waals surface area contributed by atoms with Gasteiger partial charge >= 0.3 is 0 Å². The Morgan fingerprint density at radius 2 is 1.88 bits per heavy atom. The van der Waals surface area contributed by atoms with E-state index in [0.717, 1.165) is 58.8 Å². The molecule has 0 aromatic rings. The Hall–Kier alpha value is -0.160. The molecule has 98 valence electrons. The topological polar surface area (TPSA) is 33.7 Å². The molecule has 0 bridgehead atoms. The first-order chi connectivity index (χ1) is 7.81. The minimum atomic E-state index is 0.822. The molecule has 1 N–H and O–H groups in total. The first-order valence-corrected chi connectivity index (χ1v) is 6.27. The first kappa shape index (κ1) is 15.8. The zero-order valence-electron chi connectivity index (χ0n) is 11.1. The van der Waals surface area contributed by atoms with Gasteiger partial charge in [-0.2, -0.15) is 0 Å². The first-order valence-electron chi connectivity index (χ1n) is 6.27. The van der Waals surface area contributed by atoms with Crippen LogP contribution in [0, 0.1) is 0 Å². The molecule has 4 heteroatoms. The van der Waals surface area contributed by atoms with E-state index in [1.807, 2.05) is 6.92 Å². The fraction of sp³-hybridized carbons (Fsp3) is 1.00. The van der Waals surface area contributed by atoms with Crippen LogP contribution in [-0.2, 0) is 9.47 Å². The molecule has 0 aromatic carbocycles. The van der Waals surface area contributed by atoms with Crippen LogP contribution in [0.25, 0.3) is 0 Å². The average molecular weight is 232 g/mol. The van der Waals surface area contributed by atoms with Crippen molar-refractivity contribution in [3.8, 4) is 0 Å². The number of nitrogens with zero attached hydrogens (tertiary/aromatic N) is 1. The van der Waals surface area contributed by atoms with Crippen molar-refractivity contribution in [1.29, 1.82) is 0 Å². The Morgan fingerprint density at radius 3 is 2.56 bits per heavy atom. The second-order valence-electron chi connectivity index (χ2n) is 3.95. The lowest BCUT2D eigenvalue weighted by Crippen LogP contribution is -2.31. The number of methoxy groups -OCH3 is 1. The Morgan fingerprint density at radius 1 is 1.06 bits per heavy atom. The van der Waals surface area contributed by atoms with Gasteiger partial charge in [0.2, 0.25) is 0 Å². The summed E-state index contributed by atoms with van der Waals surface area (Å²) in [5, 5.41) is 3.41. The van der Waals surface area contributed by atoms with Crippen LogP contribution < -0.4 is 5.32 Å². The normalized spacial score (nSPS) is 11.2. The molecule has 0 saturated heterocycles. The smallest absolute Gasteiger partial charge is 0.0477 e. The molecule has 0 aliphatic heterocycles. The minimum Gasteiger partial charge on any atom is -0.385 e. The van der Waals surface area contributed by atoms with Gasteiger partial charge in [0.15, 0.2) is 0 Å². The highest BCUT2D eigenvalue weighted by Crippen LogP contribution is 1.87. The third-order valence-electron chi connectivity index (χ3n) is 2.40. The molecule has 0 aliphatic rings. The zero-order valence-corrected chi connectivity index (χ0v) is 11.1. The van der Waals surface area contributed by atoms with Crippen molar-refractivity contribution in [1.82, 2.24) is 10.2 Å². The highest BCUT2D eigenvalue weighted by Gasteiger charge is 1.97. The van der Waals surface area contributed by atoms with Crippen molar-refractivity contribution in [3.05, 3.63) is 0 Å². The summed E-state index contributed by atoms with van der Waals surface area (Å²) < 4.78 is 10.3. The molecule has 0 rings (SSSR count). The van der Waals surface area contributed by atoms with Gasteiger partial charge in [0.1, 0.15) is 0 Å². The van der Waals surface area contributed by atoms with Crippen molar-refractivity contribution in [2.45, 2.75) is 19.8 Å². The third-order valence-corrected chi connectivity index (χ3v) is 2.40. The standard InChI is InChI=1S/C12H28N2O2/c1-4-16-12-5-7-13-8-10-14(2)9-6-11-15-3/h13H,4-12H2,1-3H3. The van der Waals surface area contributed by atoms with Crippen molar-refractivity contribution in [3.63, 3.8) is 0 Å². The van der Waals surface area contributed by atoms with Gasteiger partial charge in [0.25, 0.3) is 0 Å². The van der Waals surface area contributed by atoms with E-state index in [2.05, 4.69) is 17.3 Å². The molecule has 0 aromatic heterocycles. The van der Waals surface area contributed by atoms with E-state index in [0.29, 0.717) is 0 Å². The quantitative estimate of drug-likeness (QED) is 0.508. The lowest BCUT2D eigenvalue weighted by Gasteiger charge is -2.16. The minimum absolute atomic E-state index is 0.822. The molecule has 0 unspecified atom stereocenters. The van der Waals surface area contributed by atoms with Gasteiger partial charge in [0.05, 0.1) is 0 Å². The molecule has 4 nitrogen and oxygen atoms in total. The summed E-state index contributed by atoms with van der Waals surface area (Å²) in [7, 11) is 3.90. The third kappa shape index (κ3) is 11.9. The Bertz CT molecular complexity index is 134. The van der Waals surface area contributed by atoms with Crippen molar-refractivity contribution >= 4 is 0 Å². The fourth-order valence-corrected chi connectivity index (χ4v) is 1.43. The summed E-state index contributed by atoms with van der Waals surface area (Å²) in [6, 6.07) is 0. The SMILES string of the molecule is CCOCCCNCCN(C)CCCOC. The van der Waals surface area contributed by atoms with Gasteiger partial charge < -0.3 is 19.7 Å². The molecule has 0 amide bonds. The monoisotopic (exact) mass is 232 g/mol. The average Bonchev–Trinajstić information content (AvgIpc) is 2.28. The number of hydrogen-bond acceptors (Lipinski definition) is 4. The molecule has 0 heterocycles. The molecule has 0 fully saturated rings. The highest BCUT2D eigenvalue weighted by atomic mass is 16.5. The van der Waals surface area contributed by atoms with Crippen molar-refractivity contribution in [2.24, 2.45) is 0 Å². The van der Waals surface area contributed by atoms with Crippen LogP contribution in [0.1, 0.15) is 19.8 Å². The van der Waals surface area contributed by atoms with Crippen LogP contribution in [0.3, 0.4) is 0 Å². The van der Waals surface area contributed by atoms with Crippen molar-refractivity contribution in [2.75, 3.05) is 60.2 Å². The summed E-state index contributed by atoms with van der Waals surface area (Å²) >= 11 is 0. The number of likely N-dealkylation sites (N-methyl/N-ethyl adjacent to an activating group) is 1. The number of rotatable bonds is 12. The molecule has 0 aliphatic carbocycles. The predicted octanol–water partition coefficient (Wildman–Crippen LogP) is 0.971. The van der Waals surface area contributed by atoms with Crippen LogP contribution in [-0.4, -0.2) is 65.1 Å². The Labute approximate surface area is 100 Å². The summed E-state index contributed by atoms with van der Waals surface area (Å²) in [6.07, 6.45) is 2.21. The van der Waals surface area contributed by atoms with Gasteiger partial charge in [0, 0.05) is 46.6 Å². The van der Waals surface area contributed by atoms with E-state index in [1.165, 1.54) is 0 Å². The summed E-state index contributed by atoms with van der Waals surface area (Å²) in [6.45, 7) is 8.87. The zero-order chi connectivity index (χ0) is 12.1. The predicted molar refractivity (Wildman–Crippen MR) is 68.0 cm³/mol. The van der Waals surface area contributed by atoms with Crippen LogP contribution >= 0.6 is 0 Å². The Balaban J connectivity index is 3.06. The maximum Gasteiger partial charge on any atom is 0.0477 e. The second-order valence-corrected chi connectivity index (χ2v) is 3.95. The van der Waals surface area contributed by atoms with Crippen LogP contribution in [0.4, 0.5) is 0 Å². The maximum absolute atomic E-state index is 5.26. The van der Waals surface area contributed by atoms with E-state index in [4.69, 9.17) is 9.47 Å². The number of nitrogens with one attached hydrogen (secondary N) is 1. The maximum atomic E-state index is 5.26. The number of ether oxygens (including phenoxy) is 2. The van der Waals surface area contributed by atoms with E-state index in [9.17, 15) is 0 Å².